The molecule has 6 nitrogen and oxygen atoms in total. The van der Waals surface area contributed by atoms with Gasteiger partial charge in [-0.3, -0.25) is 9.48 Å². The fourth-order valence-corrected chi connectivity index (χ4v) is 3.24. The Hall–Kier alpha value is -2.63. The Labute approximate surface area is 140 Å². The van der Waals surface area contributed by atoms with Crippen molar-refractivity contribution in [3.63, 3.8) is 0 Å². The number of ether oxygens (including phenoxy) is 1. The number of rotatable bonds is 5. The van der Waals surface area contributed by atoms with Gasteiger partial charge in [0.15, 0.2) is 5.54 Å². The summed E-state index contributed by atoms with van der Waals surface area (Å²) < 4.78 is 6.83. The summed E-state index contributed by atoms with van der Waals surface area (Å²) in [7, 11) is 0. The van der Waals surface area contributed by atoms with Crippen LogP contribution in [0.15, 0.2) is 36.7 Å². The predicted octanol–water partition coefficient (Wildman–Crippen LogP) is 1.71. The molecule has 1 N–H and O–H groups in total. The highest BCUT2D eigenvalue weighted by atomic mass is 16.5. The summed E-state index contributed by atoms with van der Waals surface area (Å²) in [5, 5.41) is 7.03. The van der Waals surface area contributed by atoms with Gasteiger partial charge in [-0.05, 0) is 43.4 Å². The second-order valence-electron chi connectivity index (χ2n) is 6.05. The third kappa shape index (κ3) is 2.91. The lowest BCUT2D eigenvalue weighted by Gasteiger charge is -2.29. The molecule has 1 amide bonds. The van der Waals surface area contributed by atoms with E-state index in [1.807, 2.05) is 31.2 Å². The van der Waals surface area contributed by atoms with Crippen molar-refractivity contribution in [2.75, 3.05) is 6.61 Å². The van der Waals surface area contributed by atoms with Crippen LogP contribution in [-0.2, 0) is 32.8 Å². The first kappa shape index (κ1) is 16.2. The lowest BCUT2D eigenvalue weighted by atomic mass is 9.91. The van der Waals surface area contributed by atoms with Crippen molar-refractivity contribution in [2.24, 2.45) is 0 Å². The summed E-state index contributed by atoms with van der Waals surface area (Å²) in [5.41, 5.74) is 1.77. The zero-order valence-electron chi connectivity index (χ0n) is 13.9. The molecular weight excluding hydrogens is 306 g/mol. The normalized spacial score (nSPS) is 18.9. The van der Waals surface area contributed by atoms with Gasteiger partial charge in [-0.2, -0.15) is 5.10 Å². The second-order valence-corrected chi connectivity index (χ2v) is 6.05. The van der Waals surface area contributed by atoms with Crippen LogP contribution in [0, 0.1) is 6.92 Å². The average molecular weight is 327 g/mol. The summed E-state index contributed by atoms with van der Waals surface area (Å²) in [5.74, 6) is -0.664. The van der Waals surface area contributed by atoms with Crippen LogP contribution < -0.4 is 5.32 Å². The molecule has 6 heteroatoms. The Kier molecular flexibility index (Phi) is 4.38. The molecular formula is C18H21N3O3. The molecule has 1 aromatic heterocycles. The summed E-state index contributed by atoms with van der Waals surface area (Å²) >= 11 is 0. The number of benzene rings is 1. The van der Waals surface area contributed by atoms with Gasteiger partial charge in [0, 0.05) is 6.20 Å². The van der Waals surface area contributed by atoms with Crippen LogP contribution >= 0.6 is 0 Å². The van der Waals surface area contributed by atoms with Crippen LogP contribution in [-0.4, -0.2) is 28.3 Å². The Balaban J connectivity index is 1.87. The fraction of sp³-hybridized carbons (Fsp3) is 0.389. The number of nitrogens with zero attached hydrogens (tertiary/aromatic N) is 2. The lowest BCUT2D eigenvalue weighted by Crippen LogP contribution is -2.52. The molecule has 3 rings (SSSR count). The number of carbonyl (C=O) groups excluding carboxylic acids is 2. The number of esters is 1. The number of carbonyl (C=O) groups is 2. The van der Waals surface area contributed by atoms with Gasteiger partial charge in [-0.1, -0.05) is 24.3 Å². The maximum Gasteiger partial charge on any atom is 0.336 e. The minimum Gasteiger partial charge on any atom is -0.464 e. The fourth-order valence-electron chi connectivity index (χ4n) is 3.24. The van der Waals surface area contributed by atoms with Crippen molar-refractivity contribution in [3.8, 4) is 0 Å². The molecule has 0 saturated heterocycles. The van der Waals surface area contributed by atoms with Crippen LogP contribution in [0.1, 0.15) is 30.0 Å². The van der Waals surface area contributed by atoms with Crippen LogP contribution in [0.4, 0.5) is 0 Å². The minimum absolute atomic E-state index is 0.0666. The molecule has 24 heavy (non-hydrogen) atoms. The van der Waals surface area contributed by atoms with E-state index in [2.05, 4.69) is 10.4 Å². The van der Waals surface area contributed by atoms with E-state index in [1.54, 1.807) is 24.0 Å². The minimum atomic E-state index is -1.11. The van der Waals surface area contributed by atoms with Gasteiger partial charge in [-0.25, -0.2) is 4.79 Å². The number of hydrogen-bond donors (Lipinski definition) is 1. The highest BCUT2D eigenvalue weighted by molar-refractivity contribution is 5.90. The maximum absolute atomic E-state index is 12.7. The van der Waals surface area contributed by atoms with Crippen molar-refractivity contribution >= 4 is 11.9 Å². The Morgan fingerprint density at radius 1 is 1.38 bits per heavy atom. The highest BCUT2D eigenvalue weighted by Crippen LogP contribution is 2.38. The van der Waals surface area contributed by atoms with Gasteiger partial charge in [0.25, 0.3) is 0 Å². The van der Waals surface area contributed by atoms with Crippen LogP contribution in [0.3, 0.4) is 0 Å². The van der Waals surface area contributed by atoms with Crippen LogP contribution in [0.25, 0.3) is 0 Å². The summed E-state index contributed by atoms with van der Waals surface area (Å²) in [6, 6.07) is 7.69. The van der Waals surface area contributed by atoms with Gasteiger partial charge in [-0.15, -0.1) is 0 Å². The van der Waals surface area contributed by atoms with Crippen molar-refractivity contribution in [2.45, 2.75) is 38.8 Å². The van der Waals surface area contributed by atoms with E-state index in [0.717, 1.165) is 23.1 Å². The Morgan fingerprint density at radius 3 is 2.88 bits per heavy atom. The molecule has 2 aromatic rings. The van der Waals surface area contributed by atoms with E-state index in [1.165, 1.54) is 0 Å². The molecule has 126 valence electrons. The van der Waals surface area contributed by atoms with Crippen LogP contribution in [0.2, 0.25) is 0 Å². The van der Waals surface area contributed by atoms with E-state index < -0.39 is 11.5 Å². The lowest BCUT2D eigenvalue weighted by molar-refractivity contribution is -0.154. The van der Waals surface area contributed by atoms with E-state index >= 15 is 0 Å². The largest absolute Gasteiger partial charge is 0.464 e. The molecule has 0 bridgehead atoms. The van der Waals surface area contributed by atoms with E-state index in [0.29, 0.717) is 6.42 Å². The first-order valence-electron chi connectivity index (χ1n) is 8.11. The second kappa shape index (κ2) is 6.47. The van der Waals surface area contributed by atoms with Gasteiger partial charge >= 0.3 is 5.97 Å². The number of hydrogen-bond acceptors (Lipinski definition) is 4. The Morgan fingerprint density at radius 2 is 2.17 bits per heavy atom. The SMILES string of the molecule is CCOC(=O)C1(NC(=O)Cn2cc(C)cn2)CCc2ccccc21. The van der Waals surface area contributed by atoms with Gasteiger partial charge < -0.3 is 10.1 Å². The van der Waals surface area contributed by atoms with Crippen molar-refractivity contribution in [1.29, 1.82) is 0 Å². The third-order valence-electron chi connectivity index (χ3n) is 4.29. The number of nitrogens with one attached hydrogen (secondary N) is 1. The van der Waals surface area contributed by atoms with E-state index in [4.69, 9.17) is 4.74 Å². The number of aryl methyl sites for hydroxylation is 2. The first-order valence-corrected chi connectivity index (χ1v) is 8.11. The molecule has 0 radical (unpaired) electrons. The Bertz CT molecular complexity index is 768. The molecule has 1 aliphatic rings. The summed E-state index contributed by atoms with van der Waals surface area (Å²) in [6.45, 7) is 4.02. The summed E-state index contributed by atoms with van der Waals surface area (Å²) in [6.07, 6.45) is 4.73. The molecule has 0 fully saturated rings. The van der Waals surface area contributed by atoms with Gasteiger partial charge in [0.1, 0.15) is 6.54 Å². The van der Waals surface area contributed by atoms with Gasteiger partial charge in [0.05, 0.1) is 12.8 Å². The van der Waals surface area contributed by atoms with Crippen LogP contribution in [0.5, 0.6) is 0 Å². The van der Waals surface area contributed by atoms with E-state index in [9.17, 15) is 9.59 Å². The molecule has 1 heterocycles. The predicted molar refractivity (Wildman–Crippen MR) is 88.2 cm³/mol. The van der Waals surface area contributed by atoms with E-state index in [-0.39, 0.29) is 19.1 Å². The molecule has 1 unspecified atom stereocenters. The smallest absolute Gasteiger partial charge is 0.336 e. The summed E-state index contributed by atoms with van der Waals surface area (Å²) in [4.78, 5) is 25.2. The first-order chi connectivity index (χ1) is 11.5. The van der Waals surface area contributed by atoms with Gasteiger partial charge in [0.2, 0.25) is 5.91 Å². The van der Waals surface area contributed by atoms with Crippen molar-refractivity contribution < 1.29 is 14.3 Å². The monoisotopic (exact) mass is 327 g/mol. The topological polar surface area (TPSA) is 73.2 Å². The molecule has 1 atom stereocenters. The number of fused-ring (bicyclic) bond motifs is 1. The number of aromatic nitrogens is 2. The molecule has 0 aliphatic heterocycles. The molecule has 0 saturated carbocycles. The zero-order chi connectivity index (χ0) is 17.2. The quantitative estimate of drug-likeness (QED) is 0.849. The standard InChI is InChI=1S/C18H21N3O3/c1-3-24-17(23)18(9-8-14-6-4-5-7-15(14)18)20-16(22)12-21-11-13(2)10-19-21/h4-7,10-11H,3,8-9,12H2,1-2H3,(H,20,22). The van der Waals surface area contributed by atoms with Crippen molar-refractivity contribution in [3.05, 3.63) is 53.3 Å². The molecule has 1 aromatic carbocycles. The molecule has 1 aliphatic carbocycles. The number of amides is 1. The maximum atomic E-state index is 12.7. The zero-order valence-corrected chi connectivity index (χ0v) is 13.9. The highest BCUT2D eigenvalue weighted by Gasteiger charge is 2.47. The third-order valence-corrected chi connectivity index (χ3v) is 4.29. The van der Waals surface area contributed by atoms with Crippen molar-refractivity contribution in [1.82, 2.24) is 15.1 Å². The average Bonchev–Trinajstić information content (AvgIpc) is 3.13. The molecule has 0 spiro atoms.